The number of Topliss-reactive ketones (excluding diaryl/α,β-unsaturated/α-hetero) is 1. The van der Waals surface area contributed by atoms with E-state index in [1.54, 1.807) is 12.1 Å². The van der Waals surface area contributed by atoms with Crippen LogP contribution < -0.4 is 9.80 Å². The first kappa shape index (κ1) is 23.3. The molecule has 1 amide bonds. The van der Waals surface area contributed by atoms with Gasteiger partial charge in [0, 0.05) is 30.0 Å². The summed E-state index contributed by atoms with van der Waals surface area (Å²) in [6.45, 7) is 9.87. The van der Waals surface area contributed by atoms with Gasteiger partial charge in [0.15, 0.2) is 0 Å². The molecule has 3 aromatic rings. The van der Waals surface area contributed by atoms with Crippen LogP contribution in [0.2, 0.25) is 0 Å². The number of aliphatic hydroxyl groups excluding tert-OH is 1. The fourth-order valence-corrected chi connectivity index (χ4v) is 4.52. The number of benzene rings is 3. The second-order valence-electron chi connectivity index (χ2n) is 8.64. The van der Waals surface area contributed by atoms with E-state index < -0.39 is 17.7 Å². The molecule has 1 unspecified atom stereocenters. The molecule has 174 valence electrons. The number of nitrogens with zero attached hydrogens (tertiary/aromatic N) is 2. The Labute approximate surface area is 201 Å². The van der Waals surface area contributed by atoms with Gasteiger partial charge in [-0.1, -0.05) is 54.1 Å². The molecule has 0 aliphatic carbocycles. The van der Waals surface area contributed by atoms with E-state index in [0.717, 1.165) is 35.5 Å². The lowest BCUT2D eigenvalue weighted by Gasteiger charge is -2.27. The van der Waals surface area contributed by atoms with E-state index >= 15 is 0 Å². The smallest absolute Gasteiger partial charge is 0.300 e. The van der Waals surface area contributed by atoms with Gasteiger partial charge in [0.1, 0.15) is 5.76 Å². The van der Waals surface area contributed by atoms with Crippen molar-refractivity contribution in [2.45, 2.75) is 33.7 Å². The SMILES string of the molecule is CCN(CC)c1ccc(C2/C(=C(\O)c3ccc(C)cc3)C(=O)C(=O)N2c2cccc(C)c2)cc1. The Balaban J connectivity index is 1.90. The molecule has 0 saturated carbocycles. The van der Waals surface area contributed by atoms with Gasteiger partial charge >= 0.3 is 0 Å². The number of hydrogen-bond acceptors (Lipinski definition) is 4. The highest BCUT2D eigenvalue weighted by Gasteiger charge is 2.47. The lowest BCUT2D eigenvalue weighted by Crippen LogP contribution is -2.29. The van der Waals surface area contributed by atoms with Crippen LogP contribution in [0.15, 0.2) is 78.4 Å². The van der Waals surface area contributed by atoms with Crippen LogP contribution in [0, 0.1) is 13.8 Å². The molecule has 0 spiro atoms. The summed E-state index contributed by atoms with van der Waals surface area (Å²) in [4.78, 5) is 30.3. The van der Waals surface area contributed by atoms with Crippen molar-refractivity contribution in [3.63, 3.8) is 0 Å². The van der Waals surface area contributed by atoms with Gasteiger partial charge < -0.3 is 10.0 Å². The van der Waals surface area contributed by atoms with Gasteiger partial charge in [-0.15, -0.1) is 0 Å². The van der Waals surface area contributed by atoms with Gasteiger partial charge in [0.05, 0.1) is 11.6 Å². The maximum Gasteiger partial charge on any atom is 0.300 e. The quantitative estimate of drug-likeness (QED) is 0.292. The Morgan fingerprint density at radius 1 is 0.882 bits per heavy atom. The summed E-state index contributed by atoms with van der Waals surface area (Å²) in [5.74, 6) is -1.49. The van der Waals surface area contributed by atoms with Gasteiger partial charge in [-0.2, -0.15) is 0 Å². The largest absolute Gasteiger partial charge is 0.507 e. The molecule has 0 radical (unpaired) electrons. The van der Waals surface area contributed by atoms with Crippen molar-refractivity contribution >= 4 is 28.8 Å². The summed E-state index contributed by atoms with van der Waals surface area (Å²) in [5.41, 5.74) is 5.10. The molecule has 5 heteroatoms. The molecule has 1 saturated heterocycles. The maximum absolute atomic E-state index is 13.3. The first-order valence-corrected chi connectivity index (χ1v) is 11.6. The highest BCUT2D eigenvalue weighted by molar-refractivity contribution is 6.51. The van der Waals surface area contributed by atoms with E-state index in [9.17, 15) is 14.7 Å². The first-order chi connectivity index (χ1) is 16.3. The van der Waals surface area contributed by atoms with Gasteiger partial charge in [0.25, 0.3) is 11.7 Å². The van der Waals surface area contributed by atoms with E-state index in [4.69, 9.17) is 0 Å². The zero-order valence-corrected chi connectivity index (χ0v) is 20.1. The molecular weight excluding hydrogens is 424 g/mol. The Bertz CT molecular complexity index is 1240. The van der Waals surface area contributed by atoms with E-state index in [0.29, 0.717) is 11.3 Å². The van der Waals surface area contributed by atoms with Crippen LogP contribution in [0.3, 0.4) is 0 Å². The molecular formula is C29H30N2O3. The van der Waals surface area contributed by atoms with Crippen molar-refractivity contribution in [2.75, 3.05) is 22.9 Å². The van der Waals surface area contributed by atoms with Crippen LogP contribution in [0.1, 0.15) is 42.1 Å². The predicted molar refractivity (Wildman–Crippen MR) is 137 cm³/mol. The van der Waals surface area contributed by atoms with Crippen molar-refractivity contribution < 1.29 is 14.7 Å². The number of anilines is 2. The predicted octanol–water partition coefficient (Wildman–Crippen LogP) is 5.78. The van der Waals surface area contributed by atoms with Crippen LogP contribution in [-0.4, -0.2) is 29.9 Å². The fourth-order valence-electron chi connectivity index (χ4n) is 4.52. The van der Waals surface area contributed by atoms with E-state index in [-0.39, 0.29) is 11.3 Å². The van der Waals surface area contributed by atoms with Crippen LogP contribution in [0.5, 0.6) is 0 Å². The average molecular weight is 455 g/mol. The van der Waals surface area contributed by atoms with Gasteiger partial charge in [-0.05, 0) is 63.1 Å². The first-order valence-electron chi connectivity index (χ1n) is 11.6. The minimum absolute atomic E-state index is 0.103. The highest BCUT2D eigenvalue weighted by Crippen LogP contribution is 2.42. The van der Waals surface area contributed by atoms with Gasteiger partial charge in [-0.25, -0.2) is 0 Å². The maximum atomic E-state index is 13.3. The third kappa shape index (κ3) is 4.21. The summed E-state index contributed by atoms with van der Waals surface area (Å²) in [5, 5.41) is 11.2. The van der Waals surface area contributed by atoms with Crippen molar-refractivity contribution in [2.24, 2.45) is 0 Å². The molecule has 5 nitrogen and oxygen atoms in total. The Hall–Kier alpha value is -3.86. The number of aliphatic hydroxyl groups is 1. The van der Waals surface area contributed by atoms with E-state index in [2.05, 4.69) is 18.7 Å². The summed E-state index contributed by atoms with van der Waals surface area (Å²) in [7, 11) is 0. The second kappa shape index (κ2) is 9.56. The number of carbonyl (C=O) groups is 2. The van der Waals surface area contributed by atoms with Crippen molar-refractivity contribution in [1.82, 2.24) is 0 Å². The average Bonchev–Trinajstić information content (AvgIpc) is 3.11. The summed E-state index contributed by atoms with van der Waals surface area (Å²) >= 11 is 0. The van der Waals surface area contributed by atoms with E-state index in [1.165, 1.54) is 4.90 Å². The fraction of sp³-hybridized carbons (Fsp3) is 0.241. The normalized spacial score (nSPS) is 17.3. The topological polar surface area (TPSA) is 60.9 Å². The number of rotatable bonds is 6. The number of hydrogen-bond donors (Lipinski definition) is 1. The third-order valence-electron chi connectivity index (χ3n) is 6.39. The van der Waals surface area contributed by atoms with Gasteiger partial charge in [-0.3, -0.25) is 14.5 Å². The zero-order chi connectivity index (χ0) is 24.4. The Morgan fingerprint density at radius 3 is 2.12 bits per heavy atom. The molecule has 0 aromatic heterocycles. The molecule has 1 fully saturated rings. The molecule has 1 N–H and O–H groups in total. The Kier molecular flexibility index (Phi) is 6.55. The molecule has 1 aliphatic rings. The standard InChI is InChI=1S/C29H30N2O3/c1-5-30(6-2)23-16-14-21(15-17-23)26-25(27(32)22-12-10-19(3)11-13-22)28(33)29(34)31(26)24-9-7-8-20(4)18-24/h7-18,26,32H,5-6H2,1-4H3/b27-25+. The van der Waals surface area contributed by atoms with Crippen molar-refractivity contribution in [1.29, 1.82) is 0 Å². The molecule has 1 heterocycles. The van der Waals surface area contributed by atoms with Gasteiger partial charge in [0.2, 0.25) is 0 Å². The minimum Gasteiger partial charge on any atom is -0.507 e. The Morgan fingerprint density at radius 2 is 1.53 bits per heavy atom. The number of aryl methyl sites for hydroxylation is 2. The number of ketones is 1. The minimum atomic E-state index is -0.728. The van der Waals surface area contributed by atoms with Crippen molar-refractivity contribution in [3.8, 4) is 0 Å². The molecule has 34 heavy (non-hydrogen) atoms. The number of amides is 1. The monoisotopic (exact) mass is 454 g/mol. The molecule has 3 aromatic carbocycles. The second-order valence-corrected chi connectivity index (χ2v) is 8.64. The van der Waals surface area contributed by atoms with E-state index in [1.807, 2.05) is 74.5 Å². The highest BCUT2D eigenvalue weighted by atomic mass is 16.3. The molecule has 0 bridgehead atoms. The van der Waals surface area contributed by atoms with Crippen molar-refractivity contribution in [3.05, 3.63) is 101 Å². The molecule has 1 aliphatic heterocycles. The zero-order valence-electron chi connectivity index (χ0n) is 20.1. The van der Waals surface area contributed by atoms with Crippen LogP contribution in [-0.2, 0) is 9.59 Å². The summed E-state index contributed by atoms with van der Waals surface area (Å²) in [6, 6.07) is 22.0. The lowest BCUT2D eigenvalue weighted by molar-refractivity contribution is -0.132. The van der Waals surface area contributed by atoms with Crippen LogP contribution in [0.4, 0.5) is 11.4 Å². The summed E-state index contributed by atoms with van der Waals surface area (Å²) < 4.78 is 0. The van der Waals surface area contributed by atoms with Crippen LogP contribution >= 0.6 is 0 Å². The lowest BCUT2D eigenvalue weighted by atomic mass is 9.94. The third-order valence-corrected chi connectivity index (χ3v) is 6.39. The summed E-state index contributed by atoms with van der Waals surface area (Å²) in [6.07, 6.45) is 0. The molecule has 4 rings (SSSR count). The molecule has 1 atom stereocenters. The number of carbonyl (C=O) groups excluding carboxylic acids is 2. The van der Waals surface area contributed by atoms with Crippen LogP contribution in [0.25, 0.3) is 5.76 Å².